The van der Waals surface area contributed by atoms with Crippen molar-refractivity contribution >= 4 is 17.7 Å². The van der Waals surface area contributed by atoms with Gasteiger partial charge in [-0.25, -0.2) is 0 Å². The molecule has 0 saturated carbocycles. The van der Waals surface area contributed by atoms with Gasteiger partial charge in [0, 0.05) is 11.1 Å². The summed E-state index contributed by atoms with van der Waals surface area (Å²) in [6.45, 7) is 7.66. The van der Waals surface area contributed by atoms with Gasteiger partial charge in [-0.3, -0.25) is 4.79 Å². The van der Waals surface area contributed by atoms with Crippen molar-refractivity contribution in [2.75, 3.05) is 0 Å². The summed E-state index contributed by atoms with van der Waals surface area (Å²) in [6.07, 6.45) is 0. The Balaban J connectivity index is 2.01. The smallest absolute Gasteiger partial charge is 0.277 e. The van der Waals surface area contributed by atoms with E-state index in [4.69, 9.17) is 4.42 Å². The van der Waals surface area contributed by atoms with Gasteiger partial charge >= 0.3 is 0 Å². The van der Waals surface area contributed by atoms with Crippen LogP contribution in [0.25, 0.3) is 11.5 Å². The standard InChI is InChI=1S/C15H19N3O2S/c1-10(12(19)16-15(2,3)4)21-14-18-17-13(20-14)11-8-6-5-7-9-11/h5-10H,1-4H3,(H,16,19)/t10-/m0/s1. The van der Waals surface area contributed by atoms with E-state index in [9.17, 15) is 4.79 Å². The van der Waals surface area contributed by atoms with Crippen LogP contribution in [0.5, 0.6) is 0 Å². The number of rotatable bonds is 4. The van der Waals surface area contributed by atoms with Crippen LogP contribution in [0, 0.1) is 0 Å². The van der Waals surface area contributed by atoms with Crippen LogP contribution < -0.4 is 5.32 Å². The van der Waals surface area contributed by atoms with Crippen molar-refractivity contribution < 1.29 is 9.21 Å². The maximum absolute atomic E-state index is 12.0. The van der Waals surface area contributed by atoms with Crippen molar-refractivity contribution in [2.45, 2.75) is 43.7 Å². The minimum absolute atomic E-state index is 0.0491. The molecule has 5 nitrogen and oxygen atoms in total. The molecule has 0 radical (unpaired) electrons. The molecule has 0 bridgehead atoms. The van der Waals surface area contributed by atoms with Crippen LogP contribution in [0.15, 0.2) is 40.0 Å². The second-order valence-corrected chi connectivity index (χ2v) is 7.03. The molecule has 0 saturated heterocycles. The topological polar surface area (TPSA) is 68.0 Å². The Kier molecular flexibility index (Phi) is 4.67. The highest BCUT2D eigenvalue weighted by molar-refractivity contribution is 8.00. The van der Waals surface area contributed by atoms with Gasteiger partial charge in [0.25, 0.3) is 5.22 Å². The van der Waals surface area contributed by atoms with Crippen LogP contribution in [0.4, 0.5) is 0 Å². The van der Waals surface area contributed by atoms with Crippen molar-refractivity contribution in [3.05, 3.63) is 30.3 Å². The van der Waals surface area contributed by atoms with Gasteiger partial charge in [-0.2, -0.15) is 0 Å². The summed E-state index contributed by atoms with van der Waals surface area (Å²) in [5.41, 5.74) is 0.610. The number of aromatic nitrogens is 2. The molecule has 1 atom stereocenters. The minimum Gasteiger partial charge on any atom is -0.411 e. The highest BCUT2D eigenvalue weighted by atomic mass is 32.2. The van der Waals surface area contributed by atoms with Gasteiger partial charge in [-0.1, -0.05) is 30.0 Å². The van der Waals surface area contributed by atoms with Crippen LogP contribution in [0.2, 0.25) is 0 Å². The summed E-state index contributed by atoms with van der Waals surface area (Å²) < 4.78 is 5.58. The van der Waals surface area contributed by atoms with Gasteiger partial charge in [-0.15, -0.1) is 10.2 Å². The molecule has 6 heteroatoms. The van der Waals surface area contributed by atoms with E-state index in [-0.39, 0.29) is 16.7 Å². The van der Waals surface area contributed by atoms with E-state index in [2.05, 4.69) is 15.5 Å². The lowest BCUT2D eigenvalue weighted by molar-refractivity contribution is -0.121. The Morgan fingerprint density at radius 3 is 2.52 bits per heavy atom. The molecule has 0 unspecified atom stereocenters. The van der Waals surface area contributed by atoms with Crippen LogP contribution in [-0.2, 0) is 4.79 Å². The molecule has 1 N–H and O–H groups in total. The van der Waals surface area contributed by atoms with Gasteiger partial charge in [0.15, 0.2) is 0 Å². The van der Waals surface area contributed by atoms with Crippen molar-refractivity contribution in [3.63, 3.8) is 0 Å². The zero-order valence-corrected chi connectivity index (χ0v) is 13.4. The number of hydrogen-bond acceptors (Lipinski definition) is 5. The summed E-state index contributed by atoms with van der Waals surface area (Å²) in [7, 11) is 0. The van der Waals surface area contributed by atoms with Gasteiger partial charge in [0.2, 0.25) is 11.8 Å². The van der Waals surface area contributed by atoms with E-state index in [1.165, 1.54) is 11.8 Å². The first-order valence-corrected chi connectivity index (χ1v) is 7.61. The zero-order valence-electron chi connectivity index (χ0n) is 12.6. The molecule has 0 fully saturated rings. The number of nitrogens with zero attached hydrogens (tertiary/aromatic N) is 2. The van der Waals surface area contributed by atoms with Gasteiger partial charge in [-0.05, 0) is 39.8 Å². The van der Waals surface area contributed by atoms with Crippen molar-refractivity contribution in [1.82, 2.24) is 15.5 Å². The summed E-state index contributed by atoms with van der Waals surface area (Å²) >= 11 is 1.26. The Hall–Kier alpha value is -1.82. The third-order valence-corrected chi connectivity index (χ3v) is 3.51. The van der Waals surface area contributed by atoms with Gasteiger partial charge in [0.1, 0.15) is 0 Å². The molecule has 112 valence electrons. The van der Waals surface area contributed by atoms with Crippen LogP contribution in [0.1, 0.15) is 27.7 Å². The molecule has 0 aliphatic heterocycles. The average molecular weight is 305 g/mol. The van der Waals surface area contributed by atoms with Crippen LogP contribution >= 0.6 is 11.8 Å². The number of carbonyl (C=O) groups excluding carboxylic acids is 1. The molecule has 1 aromatic carbocycles. The Morgan fingerprint density at radius 2 is 1.90 bits per heavy atom. The summed E-state index contributed by atoms with van der Waals surface area (Å²) in [6, 6.07) is 9.54. The van der Waals surface area contributed by atoms with E-state index >= 15 is 0 Å². The highest BCUT2D eigenvalue weighted by Gasteiger charge is 2.22. The molecule has 2 aromatic rings. The molecule has 0 spiro atoms. The Labute approximate surface area is 128 Å². The Morgan fingerprint density at radius 1 is 1.24 bits per heavy atom. The predicted molar refractivity (Wildman–Crippen MR) is 82.9 cm³/mol. The summed E-state index contributed by atoms with van der Waals surface area (Å²) in [5.74, 6) is 0.411. The lowest BCUT2D eigenvalue weighted by Gasteiger charge is -2.22. The van der Waals surface area contributed by atoms with Crippen LogP contribution in [0.3, 0.4) is 0 Å². The third kappa shape index (κ3) is 4.60. The predicted octanol–water partition coefficient (Wildman–Crippen LogP) is 3.13. The lowest BCUT2D eigenvalue weighted by Crippen LogP contribution is -2.44. The Bertz CT molecular complexity index is 605. The number of hydrogen-bond donors (Lipinski definition) is 1. The first kappa shape index (κ1) is 15.6. The second-order valence-electron chi connectivity index (χ2n) is 5.74. The fourth-order valence-electron chi connectivity index (χ4n) is 1.63. The molecule has 1 aromatic heterocycles. The minimum atomic E-state index is -0.298. The maximum atomic E-state index is 12.0. The van der Waals surface area contributed by atoms with E-state index in [0.717, 1.165) is 5.56 Å². The number of benzene rings is 1. The molecule has 1 amide bonds. The molecule has 2 rings (SSSR count). The van der Waals surface area contributed by atoms with E-state index in [0.29, 0.717) is 11.1 Å². The zero-order chi connectivity index (χ0) is 15.5. The van der Waals surface area contributed by atoms with E-state index in [1.807, 2.05) is 58.0 Å². The second kappa shape index (κ2) is 6.30. The quantitative estimate of drug-likeness (QED) is 0.879. The van der Waals surface area contributed by atoms with Crippen LogP contribution in [-0.4, -0.2) is 26.9 Å². The largest absolute Gasteiger partial charge is 0.411 e. The number of carbonyl (C=O) groups is 1. The summed E-state index contributed by atoms with van der Waals surface area (Å²) in [5, 5.41) is 11.0. The maximum Gasteiger partial charge on any atom is 0.277 e. The molecule has 0 aliphatic carbocycles. The monoisotopic (exact) mass is 305 g/mol. The first-order chi connectivity index (χ1) is 9.85. The van der Waals surface area contributed by atoms with Gasteiger partial charge in [0.05, 0.1) is 5.25 Å². The number of amides is 1. The molecule has 1 heterocycles. The first-order valence-electron chi connectivity index (χ1n) is 6.73. The number of thioether (sulfide) groups is 1. The van der Waals surface area contributed by atoms with Crippen molar-refractivity contribution in [3.8, 4) is 11.5 Å². The third-order valence-electron chi connectivity index (χ3n) is 2.57. The molecular weight excluding hydrogens is 286 g/mol. The van der Waals surface area contributed by atoms with E-state index < -0.39 is 0 Å². The SMILES string of the molecule is C[C@H](Sc1nnc(-c2ccccc2)o1)C(=O)NC(C)(C)C. The molecule has 21 heavy (non-hydrogen) atoms. The molecule has 0 aliphatic rings. The summed E-state index contributed by atoms with van der Waals surface area (Å²) in [4.78, 5) is 12.0. The fourth-order valence-corrected chi connectivity index (χ4v) is 2.31. The van der Waals surface area contributed by atoms with E-state index in [1.54, 1.807) is 0 Å². The fraction of sp³-hybridized carbons (Fsp3) is 0.400. The normalized spacial score (nSPS) is 13.0. The number of nitrogens with one attached hydrogen (secondary N) is 1. The van der Waals surface area contributed by atoms with Gasteiger partial charge < -0.3 is 9.73 Å². The highest BCUT2D eigenvalue weighted by Crippen LogP contribution is 2.26. The average Bonchev–Trinajstić information content (AvgIpc) is 2.86. The molecular formula is C15H19N3O2S. The van der Waals surface area contributed by atoms with Crippen molar-refractivity contribution in [1.29, 1.82) is 0 Å². The van der Waals surface area contributed by atoms with Crippen molar-refractivity contribution in [2.24, 2.45) is 0 Å². The lowest BCUT2D eigenvalue weighted by atomic mass is 10.1.